The quantitative estimate of drug-likeness (QED) is 0.768. The molecule has 4 heteroatoms. The smallest absolute Gasteiger partial charge is 0.175 e. The van der Waals surface area contributed by atoms with E-state index in [2.05, 4.69) is 4.90 Å². The number of hydrogen-bond acceptors (Lipinski definition) is 3. The molecule has 3 nitrogen and oxygen atoms in total. The zero-order valence-electron chi connectivity index (χ0n) is 8.81. The van der Waals surface area contributed by atoms with Gasteiger partial charge in [-0.05, 0) is 37.1 Å². The maximum absolute atomic E-state index is 11.3. The molecule has 0 N–H and O–H groups in total. The number of hydrogen-bond donors (Lipinski definition) is 0. The predicted molar refractivity (Wildman–Crippen MR) is 61.0 cm³/mol. The van der Waals surface area contributed by atoms with Crippen LogP contribution in [-0.4, -0.2) is 27.8 Å². The van der Waals surface area contributed by atoms with Crippen molar-refractivity contribution in [3.8, 4) is 0 Å². The van der Waals surface area contributed by atoms with E-state index in [0.29, 0.717) is 4.90 Å². The monoisotopic (exact) mass is 225 g/mol. The third-order valence-corrected chi connectivity index (χ3v) is 3.86. The largest absolute Gasteiger partial charge is 0.372 e. The molecule has 0 radical (unpaired) electrons. The van der Waals surface area contributed by atoms with Gasteiger partial charge in [0.25, 0.3) is 0 Å². The average Bonchev–Trinajstić information content (AvgIpc) is 2.69. The number of anilines is 1. The molecule has 0 atom stereocenters. The maximum Gasteiger partial charge on any atom is 0.175 e. The van der Waals surface area contributed by atoms with Gasteiger partial charge in [-0.1, -0.05) is 0 Å². The molecule has 0 aliphatic carbocycles. The molecule has 1 saturated heterocycles. The average molecular weight is 225 g/mol. The van der Waals surface area contributed by atoms with Gasteiger partial charge in [-0.15, -0.1) is 0 Å². The van der Waals surface area contributed by atoms with Crippen LogP contribution in [0.1, 0.15) is 12.8 Å². The molecule has 0 spiro atoms. The van der Waals surface area contributed by atoms with Crippen molar-refractivity contribution in [3.63, 3.8) is 0 Å². The molecule has 0 amide bonds. The minimum atomic E-state index is -3.06. The van der Waals surface area contributed by atoms with E-state index in [1.54, 1.807) is 12.1 Å². The van der Waals surface area contributed by atoms with E-state index in [-0.39, 0.29) is 0 Å². The first-order valence-electron chi connectivity index (χ1n) is 5.12. The van der Waals surface area contributed by atoms with Crippen LogP contribution in [-0.2, 0) is 9.84 Å². The molecular weight excluding hydrogens is 210 g/mol. The van der Waals surface area contributed by atoms with Crippen LogP contribution >= 0.6 is 0 Å². The van der Waals surface area contributed by atoms with Crippen LogP contribution in [0.3, 0.4) is 0 Å². The summed E-state index contributed by atoms with van der Waals surface area (Å²) in [5, 5.41) is 0. The zero-order chi connectivity index (χ0) is 10.9. The van der Waals surface area contributed by atoms with Gasteiger partial charge in [0.1, 0.15) is 0 Å². The normalized spacial score (nSPS) is 17.0. The first kappa shape index (κ1) is 10.5. The second-order valence-electron chi connectivity index (χ2n) is 3.96. The number of sulfone groups is 1. The minimum Gasteiger partial charge on any atom is -0.372 e. The highest BCUT2D eigenvalue weighted by molar-refractivity contribution is 7.90. The molecule has 1 aliphatic heterocycles. The molecular formula is C11H15NO2S. The fraction of sp³-hybridized carbons (Fsp3) is 0.455. The standard InChI is InChI=1S/C11H15NO2S/c1-15(13,14)11-6-4-10(5-7-11)12-8-2-3-9-12/h4-7H,2-3,8-9H2,1H3. The summed E-state index contributed by atoms with van der Waals surface area (Å²) < 4.78 is 22.5. The van der Waals surface area contributed by atoms with Crippen molar-refractivity contribution in [1.82, 2.24) is 0 Å². The van der Waals surface area contributed by atoms with E-state index >= 15 is 0 Å². The molecule has 0 unspecified atom stereocenters. The van der Waals surface area contributed by atoms with Gasteiger partial charge in [-0.3, -0.25) is 0 Å². The Morgan fingerprint density at radius 3 is 2.07 bits per heavy atom. The lowest BCUT2D eigenvalue weighted by atomic mass is 10.3. The minimum absolute atomic E-state index is 0.394. The molecule has 1 aromatic rings. The van der Waals surface area contributed by atoms with Gasteiger partial charge in [0, 0.05) is 25.0 Å². The van der Waals surface area contributed by atoms with E-state index in [0.717, 1.165) is 18.8 Å². The van der Waals surface area contributed by atoms with Crippen molar-refractivity contribution in [2.24, 2.45) is 0 Å². The number of rotatable bonds is 2. The summed E-state index contributed by atoms with van der Waals surface area (Å²) in [7, 11) is -3.06. The lowest BCUT2D eigenvalue weighted by Crippen LogP contribution is -2.17. The predicted octanol–water partition coefficient (Wildman–Crippen LogP) is 1.69. The van der Waals surface area contributed by atoms with Gasteiger partial charge in [-0.25, -0.2) is 8.42 Å². The van der Waals surface area contributed by atoms with E-state index < -0.39 is 9.84 Å². The molecule has 0 bridgehead atoms. The Hall–Kier alpha value is -1.03. The zero-order valence-corrected chi connectivity index (χ0v) is 9.63. The molecule has 15 heavy (non-hydrogen) atoms. The summed E-state index contributed by atoms with van der Waals surface area (Å²) in [4.78, 5) is 2.68. The molecule has 1 fully saturated rings. The first-order chi connectivity index (χ1) is 7.07. The van der Waals surface area contributed by atoms with Gasteiger partial charge in [0.05, 0.1) is 4.90 Å². The van der Waals surface area contributed by atoms with E-state index in [9.17, 15) is 8.42 Å². The van der Waals surface area contributed by atoms with Crippen LogP contribution in [0.5, 0.6) is 0 Å². The fourth-order valence-corrected chi connectivity index (χ4v) is 2.51. The highest BCUT2D eigenvalue weighted by atomic mass is 32.2. The number of nitrogens with zero attached hydrogens (tertiary/aromatic N) is 1. The van der Waals surface area contributed by atoms with Crippen LogP contribution in [0.4, 0.5) is 5.69 Å². The summed E-state index contributed by atoms with van der Waals surface area (Å²) >= 11 is 0. The summed E-state index contributed by atoms with van der Waals surface area (Å²) in [6, 6.07) is 7.15. The highest BCUT2D eigenvalue weighted by Crippen LogP contribution is 2.21. The molecule has 0 saturated carbocycles. The fourth-order valence-electron chi connectivity index (χ4n) is 1.88. The van der Waals surface area contributed by atoms with Gasteiger partial charge in [0.2, 0.25) is 0 Å². The van der Waals surface area contributed by atoms with Crippen LogP contribution in [0.15, 0.2) is 29.2 Å². The highest BCUT2D eigenvalue weighted by Gasteiger charge is 2.13. The Bertz CT molecular complexity index is 430. The summed E-state index contributed by atoms with van der Waals surface area (Å²) in [5.41, 5.74) is 1.12. The van der Waals surface area contributed by atoms with Crippen molar-refractivity contribution < 1.29 is 8.42 Å². The lowest BCUT2D eigenvalue weighted by Gasteiger charge is -2.17. The van der Waals surface area contributed by atoms with Crippen LogP contribution in [0, 0.1) is 0 Å². The van der Waals surface area contributed by atoms with Crippen LogP contribution in [0.25, 0.3) is 0 Å². The maximum atomic E-state index is 11.3. The second kappa shape index (κ2) is 3.85. The van der Waals surface area contributed by atoms with E-state index in [1.807, 2.05) is 12.1 Å². The van der Waals surface area contributed by atoms with Crippen molar-refractivity contribution in [2.75, 3.05) is 24.2 Å². The van der Waals surface area contributed by atoms with E-state index in [1.165, 1.54) is 19.1 Å². The van der Waals surface area contributed by atoms with Crippen molar-refractivity contribution in [1.29, 1.82) is 0 Å². The van der Waals surface area contributed by atoms with Gasteiger partial charge in [-0.2, -0.15) is 0 Å². The summed E-state index contributed by atoms with van der Waals surface area (Å²) in [5.74, 6) is 0. The second-order valence-corrected chi connectivity index (χ2v) is 5.98. The summed E-state index contributed by atoms with van der Waals surface area (Å²) in [6.45, 7) is 2.16. The summed E-state index contributed by atoms with van der Waals surface area (Å²) in [6.07, 6.45) is 3.69. The Kier molecular flexibility index (Phi) is 2.69. The van der Waals surface area contributed by atoms with Crippen molar-refractivity contribution >= 4 is 15.5 Å². The van der Waals surface area contributed by atoms with Crippen molar-refractivity contribution in [2.45, 2.75) is 17.7 Å². The Morgan fingerprint density at radius 2 is 1.60 bits per heavy atom. The topological polar surface area (TPSA) is 37.4 Å². The van der Waals surface area contributed by atoms with Crippen LogP contribution < -0.4 is 4.90 Å². The molecule has 1 aliphatic rings. The molecule has 1 heterocycles. The Labute approximate surface area is 90.6 Å². The lowest BCUT2D eigenvalue weighted by molar-refractivity contribution is 0.602. The van der Waals surface area contributed by atoms with Gasteiger partial charge in [0.15, 0.2) is 9.84 Å². The first-order valence-corrected chi connectivity index (χ1v) is 7.01. The number of benzene rings is 1. The Balaban J connectivity index is 2.24. The van der Waals surface area contributed by atoms with E-state index in [4.69, 9.17) is 0 Å². The van der Waals surface area contributed by atoms with Gasteiger partial charge >= 0.3 is 0 Å². The van der Waals surface area contributed by atoms with Gasteiger partial charge < -0.3 is 4.90 Å². The Morgan fingerprint density at radius 1 is 1.07 bits per heavy atom. The molecule has 0 aromatic heterocycles. The van der Waals surface area contributed by atoms with Crippen molar-refractivity contribution in [3.05, 3.63) is 24.3 Å². The van der Waals surface area contributed by atoms with Crippen LogP contribution in [0.2, 0.25) is 0 Å². The molecule has 1 aromatic carbocycles. The third-order valence-electron chi connectivity index (χ3n) is 2.74. The molecule has 2 rings (SSSR count). The SMILES string of the molecule is CS(=O)(=O)c1ccc(N2CCCC2)cc1. The third kappa shape index (κ3) is 2.31. The molecule has 82 valence electrons.